The van der Waals surface area contributed by atoms with Crippen LogP contribution in [0.4, 0.5) is 0 Å². The summed E-state index contributed by atoms with van der Waals surface area (Å²) in [7, 11) is 0. The van der Waals surface area contributed by atoms with E-state index in [-0.39, 0.29) is 5.91 Å². The minimum atomic E-state index is -0.430. The van der Waals surface area contributed by atoms with E-state index < -0.39 is 6.10 Å². The Bertz CT molecular complexity index is 630. The normalized spacial score (nSPS) is 16.1. The summed E-state index contributed by atoms with van der Waals surface area (Å²) in [6.07, 6.45) is 0.199. The monoisotopic (exact) mass is 282 g/mol. The number of para-hydroxylation sites is 1. The van der Waals surface area contributed by atoms with Crippen molar-refractivity contribution in [2.75, 3.05) is 0 Å². The molecule has 1 aliphatic rings. The molecule has 0 aromatic heterocycles. The maximum absolute atomic E-state index is 12.2. The third-order valence-electron chi connectivity index (χ3n) is 3.63. The van der Waals surface area contributed by atoms with Crippen LogP contribution in [0, 0.1) is 0 Å². The van der Waals surface area contributed by atoms with Gasteiger partial charge >= 0.3 is 0 Å². The second-order valence-electron chi connectivity index (χ2n) is 5.16. The van der Waals surface area contributed by atoms with Crippen molar-refractivity contribution >= 4 is 5.91 Å². The number of carbonyl (C=O) groups excluding carboxylic acids is 1. The number of nitrogens with two attached hydrogens (primary N) is 1. The van der Waals surface area contributed by atoms with E-state index in [1.165, 1.54) is 0 Å². The Labute approximate surface area is 123 Å². The molecule has 1 heterocycles. The highest BCUT2D eigenvalue weighted by Crippen LogP contribution is 2.28. The lowest BCUT2D eigenvalue weighted by Crippen LogP contribution is -2.37. The van der Waals surface area contributed by atoms with Gasteiger partial charge in [0.05, 0.1) is 0 Å². The molecular formula is C17H18N2O2. The van der Waals surface area contributed by atoms with Crippen LogP contribution in [0.5, 0.6) is 5.75 Å². The highest BCUT2D eigenvalue weighted by molar-refractivity contribution is 5.82. The molecule has 4 heteroatoms. The Hall–Kier alpha value is -2.33. The second kappa shape index (κ2) is 5.97. The fourth-order valence-corrected chi connectivity index (χ4v) is 2.50. The number of nitrogens with one attached hydrogen (secondary N) is 1. The number of carbonyl (C=O) groups is 1. The molecule has 2 aromatic carbocycles. The van der Waals surface area contributed by atoms with Gasteiger partial charge in [-0.15, -0.1) is 0 Å². The zero-order valence-corrected chi connectivity index (χ0v) is 11.7. The fraction of sp³-hybridized carbons (Fsp3) is 0.235. The van der Waals surface area contributed by atoms with E-state index >= 15 is 0 Å². The summed E-state index contributed by atoms with van der Waals surface area (Å²) in [5.74, 6) is 0.729. The van der Waals surface area contributed by atoms with E-state index in [2.05, 4.69) is 5.32 Å². The van der Waals surface area contributed by atoms with Crippen LogP contribution in [-0.4, -0.2) is 12.0 Å². The first-order chi connectivity index (χ1) is 10.3. The summed E-state index contributed by atoms with van der Waals surface area (Å²) in [5, 5.41) is 2.92. The largest absolute Gasteiger partial charge is 0.480 e. The van der Waals surface area contributed by atoms with Gasteiger partial charge in [0.25, 0.3) is 5.91 Å². The van der Waals surface area contributed by atoms with Gasteiger partial charge in [-0.1, -0.05) is 42.5 Å². The van der Waals surface area contributed by atoms with Crippen LogP contribution in [0.2, 0.25) is 0 Å². The van der Waals surface area contributed by atoms with Crippen LogP contribution in [0.1, 0.15) is 16.7 Å². The molecule has 0 aliphatic carbocycles. The van der Waals surface area contributed by atoms with Gasteiger partial charge in [0.1, 0.15) is 5.75 Å². The number of rotatable bonds is 4. The number of amides is 1. The number of fused-ring (bicyclic) bond motifs is 1. The Morgan fingerprint density at radius 2 is 2.00 bits per heavy atom. The molecule has 4 nitrogen and oxygen atoms in total. The predicted octanol–water partition coefficient (Wildman–Crippen LogP) is 1.77. The molecule has 108 valence electrons. The van der Waals surface area contributed by atoms with Gasteiger partial charge in [0.2, 0.25) is 0 Å². The van der Waals surface area contributed by atoms with Crippen molar-refractivity contribution in [1.29, 1.82) is 0 Å². The number of hydrogen-bond donors (Lipinski definition) is 2. The van der Waals surface area contributed by atoms with Crippen LogP contribution in [0.3, 0.4) is 0 Å². The molecule has 0 radical (unpaired) electrons. The average Bonchev–Trinajstić information content (AvgIpc) is 2.97. The summed E-state index contributed by atoms with van der Waals surface area (Å²) in [6.45, 7) is 0.992. The van der Waals surface area contributed by atoms with E-state index in [0.29, 0.717) is 19.5 Å². The van der Waals surface area contributed by atoms with Crippen LogP contribution in [0.25, 0.3) is 0 Å². The third-order valence-corrected chi connectivity index (χ3v) is 3.63. The summed E-state index contributed by atoms with van der Waals surface area (Å²) in [6, 6.07) is 15.7. The molecule has 2 aromatic rings. The standard InChI is InChI=1S/C17H18N2O2/c18-10-12-4-3-5-13(8-12)11-19-17(20)16-9-14-6-1-2-7-15(14)21-16/h1-8,16H,9-11,18H2,(H,19,20). The summed E-state index contributed by atoms with van der Waals surface area (Å²) in [5.41, 5.74) is 8.81. The van der Waals surface area contributed by atoms with Crippen molar-refractivity contribution in [3.8, 4) is 5.75 Å². The number of benzene rings is 2. The Balaban J connectivity index is 1.58. The van der Waals surface area contributed by atoms with Crippen molar-refractivity contribution in [1.82, 2.24) is 5.32 Å². The van der Waals surface area contributed by atoms with Crippen LogP contribution >= 0.6 is 0 Å². The molecule has 3 rings (SSSR count). The molecular weight excluding hydrogens is 264 g/mol. The lowest BCUT2D eigenvalue weighted by molar-refractivity contribution is -0.127. The van der Waals surface area contributed by atoms with E-state index in [0.717, 1.165) is 22.4 Å². The molecule has 0 saturated carbocycles. The van der Waals surface area contributed by atoms with Crippen LogP contribution in [-0.2, 0) is 24.3 Å². The molecule has 3 N–H and O–H groups in total. The first-order valence-corrected chi connectivity index (χ1v) is 7.06. The second-order valence-corrected chi connectivity index (χ2v) is 5.16. The quantitative estimate of drug-likeness (QED) is 0.898. The molecule has 21 heavy (non-hydrogen) atoms. The molecule has 1 unspecified atom stereocenters. The zero-order valence-electron chi connectivity index (χ0n) is 11.7. The lowest BCUT2D eigenvalue weighted by Gasteiger charge is -2.11. The van der Waals surface area contributed by atoms with Gasteiger partial charge in [0, 0.05) is 19.5 Å². The minimum absolute atomic E-state index is 0.0793. The van der Waals surface area contributed by atoms with Gasteiger partial charge in [-0.05, 0) is 22.8 Å². The first-order valence-electron chi connectivity index (χ1n) is 7.06. The molecule has 0 fully saturated rings. The van der Waals surface area contributed by atoms with Crippen molar-refractivity contribution in [3.63, 3.8) is 0 Å². The number of ether oxygens (including phenoxy) is 1. The van der Waals surface area contributed by atoms with Gasteiger partial charge in [-0.2, -0.15) is 0 Å². The molecule has 1 aliphatic heterocycles. The Kier molecular flexibility index (Phi) is 3.88. The summed E-state index contributed by atoms with van der Waals surface area (Å²) < 4.78 is 5.67. The molecule has 0 spiro atoms. The molecule has 0 saturated heterocycles. The van der Waals surface area contributed by atoms with E-state index in [1.54, 1.807) is 0 Å². The van der Waals surface area contributed by atoms with Crippen molar-refractivity contribution in [2.45, 2.75) is 25.6 Å². The Morgan fingerprint density at radius 1 is 1.19 bits per heavy atom. The highest BCUT2D eigenvalue weighted by Gasteiger charge is 2.28. The van der Waals surface area contributed by atoms with Crippen molar-refractivity contribution in [2.24, 2.45) is 5.73 Å². The minimum Gasteiger partial charge on any atom is -0.480 e. The first kappa shape index (κ1) is 13.6. The predicted molar refractivity (Wildman–Crippen MR) is 80.7 cm³/mol. The van der Waals surface area contributed by atoms with Gasteiger partial charge in [-0.25, -0.2) is 0 Å². The summed E-state index contributed by atoms with van der Waals surface area (Å²) in [4.78, 5) is 12.2. The lowest BCUT2D eigenvalue weighted by atomic mass is 10.1. The van der Waals surface area contributed by atoms with Gasteiger partial charge in [-0.3, -0.25) is 4.79 Å². The highest BCUT2D eigenvalue weighted by atomic mass is 16.5. The number of hydrogen-bond acceptors (Lipinski definition) is 3. The van der Waals surface area contributed by atoms with E-state index in [9.17, 15) is 4.79 Å². The fourth-order valence-electron chi connectivity index (χ4n) is 2.50. The van der Waals surface area contributed by atoms with Crippen LogP contribution < -0.4 is 15.8 Å². The van der Waals surface area contributed by atoms with E-state index in [4.69, 9.17) is 10.5 Å². The SMILES string of the molecule is NCc1cccc(CNC(=O)C2Cc3ccccc3O2)c1. The van der Waals surface area contributed by atoms with Crippen molar-refractivity contribution in [3.05, 3.63) is 65.2 Å². The maximum atomic E-state index is 12.2. The molecule has 1 amide bonds. The van der Waals surface area contributed by atoms with Gasteiger partial charge in [0.15, 0.2) is 6.10 Å². The zero-order chi connectivity index (χ0) is 14.7. The van der Waals surface area contributed by atoms with E-state index in [1.807, 2.05) is 48.5 Å². The molecule has 0 bridgehead atoms. The topological polar surface area (TPSA) is 64.3 Å². The third kappa shape index (κ3) is 3.06. The van der Waals surface area contributed by atoms with Crippen LogP contribution in [0.15, 0.2) is 48.5 Å². The average molecular weight is 282 g/mol. The maximum Gasteiger partial charge on any atom is 0.261 e. The van der Waals surface area contributed by atoms with Crippen molar-refractivity contribution < 1.29 is 9.53 Å². The Morgan fingerprint density at radius 3 is 2.81 bits per heavy atom. The summed E-state index contributed by atoms with van der Waals surface area (Å²) >= 11 is 0. The smallest absolute Gasteiger partial charge is 0.261 e. The van der Waals surface area contributed by atoms with Gasteiger partial charge < -0.3 is 15.8 Å². The molecule has 1 atom stereocenters.